The van der Waals surface area contributed by atoms with Gasteiger partial charge in [0.15, 0.2) is 6.04 Å². The predicted molar refractivity (Wildman–Crippen MR) is 116 cm³/mol. The van der Waals surface area contributed by atoms with Crippen molar-refractivity contribution in [3.8, 4) is 0 Å². The average molecular weight is 453 g/mol. The maximum Gasteiger partial charge on any atom is 0.258 e. The number of benzene rings is 2. The number of anilines is 2. The minimum atomic E-state index is -0.856. The molecule has 6 heteroatoms. The van der Waals surface area contributed by atoms with E-state index >= 15 is 0 Å². The zero-order valence-electron chi connectivity index (χ0n) is 16.5. The Kier molecular flexibility index (Phi) is 5.04. The Morgan fingerprint density at radius 1 is 0.931 bits per heavy atom. The Morgan fingerprint density at radius 3 is 2.17 bits per heavy atom. The number of para-hydroxylation sites is 1. The molecule has 0 bridgehead atoms. The van der Waals surface area contributed by atoms with Crippen molar-refractivity contribution in [2.24, 2.45) is 0 Å². The lowest BCUT2D eigenvalue weighted by atomic mass is 10.0. The molecule has 4 rings (SSSR count). The first-order valence-corrected chi connectivity index (χ1v) is 10.2. The lowest BCUT2D eigenvalue weighted by Gasteiger charge is -2.40. The molecule has 2 aromatic carbocycles. The topological polar surface area (TPSA) is 53.8 Å². The van der Waals surface area contributed by atoms with Gasteiger partial charge in [0.05, 0.1) is 5.69 Å². The third kappa shape index (κ3) is 3.49. The average Bonchev–Trinajstić information content (AvgIpc) is 3.10. The summed E-state index contributed by atoms with van der Waals surface area (Å²) in [6, 6.07) is 15.9. The van der Waals surface area contributed by atoms with Crippen molar-refractivity contribution in [2.75, 3.05) is 16.3 Å². The normalized spacial score (nSPS) is 17.2. The number of furan rings is 1. The van der Waals surface area contributed by atoms with E-state index in [0.717, 1.165) is 21.3 Å². The van der Waals surface area contributed by atoms with Gasteiger partial charge in [-0.3, -0.25) is 14.5 Å². The largest absolute Gasteiger partial charge is 0.464 e. The van der Waals surface area contributed by atoms with Gasteiger partial charge in [-0.15, -0.1) is 0 Å². The molecule has 1 fully saturated rings. The van der Waals surface area contributed by atoms with E-state index in [-0.39, 0.29) is 18.4 Å². The number of halogens is 1. The number of hydrogen-bond acceptors (Lipinski definition) is 3. The van der Waals surface area contributed by atoms with Crippen LogP contribution in [0.4, 0.5) is 11.4 Å². The maximum absolute atomic E-state index is 13.7. The number of piperazine rings is 1. The van der Waals surface area contributed by atoms with Gasteiger partial charge < -0.3 is 9.32 Å². The van der Waals surface area contributed by atoms with Crippen LogP contribution >= 0.6 is 15.9 Å². The highest BCUT2D eigenvalue weighted by Gasteiger charge is 2.44. The summed E-state index contributed by atoms with van der Waals surface area (Å²) in [6.07, 6.45) is 0. The molecule has 1 aromatic heterocycles. The van der Waals surface area contributed by atoms with E-state index in [2.05, 4.69) is 15.9 Å². The van der Waals surface area contributed by atoms with Crippen LogP contribution in [0.25, 0.3) is 0 Å². The summed E-state index contributed by atoms with van der Waals surface area (Å²) < 4.78 is 6.71. The highest BCUT2D eigenvalue weighted by atomic mass is 79.9. The van der Waals surface area contributed by atoms with Crippen molar-refractivity contribution in [2.45, 2.75) is 26.8 Å². The second kappa shape index (κ2) is 7.52. The molecular weight excluding hydrogens is 432 g/mol. The van der Waals surface area contributed by atoms with Crippen molar-refractivity contribution in [1.29, 1.82) is 0 Å². The van der Waals surface area contributed by atoms with Gasteiger partial charge in [-0.05, 0) is 68.3 Å². The van der Waals surface area contributed by atoms with Crippen LogP contribution in [0.1, 0.15) is 28.7 Å². The van der Waals surface area contributed by atoms with Gasteiger partial charge in [-0.1, -0.05) is 34.1 Å². The van der Waals surface area contributed by atoms with Gasteiger partial charge in [0.1, 0.15) is 18.1 Å². The van der Waals surface area contributed by atoms with Crippen molar-refractivity contribution in [3.63, 3.8) is 0 Å². The summed E-state index contributed by atoms with van der Waals surface area (Å²) in [6.45, 7) is 5.71. The van der Waals surface area contributed by atoms with Crippen molar-refractivity contribution in [3.05, 3.63) is 81.7 Å². The molecule has 2 amide bonds. The van der Waals surface area contributed by atoms with Gasteiger partial charge in [0.2, 0.25) is 5.91 Å². The Labute approximate surface area is 178 Å². The molecule has 1 saturated heterocycles. The molecule has 0 spiro atoms. The minimum Gasteiger partial charge on any atom is -0.464 e. The third-order valence-electron chi connectivity index (χ3n) is 5.17. The summed E-state index contributed by atoms with van der Waals surface area (Å²) in [5, 5.41) is 0. The number of hydrogen-bond donors (Lipinski definition) is 0. The van der Waals surface area contributed by atoms with Crippen LogP contribution < -0.4 is 9.80 Å². The molecule has 1 aliphatic heterocycles. The first-order chi connectivity index (χ1) is 13.9. The maximum atomic E-state index is 13.7. The van der Waals surface area contributed by atoms with Crippen molar-refractivity contribution >= 4 is 39.1 Å². The molecule has 2 heterocycles. The fraction of sp³-hybridized carbons (Fsp3) is 0.217. The van der Waals surface area contributed by atoms with Crippen molar-refractivity contribution in [1.82, 2.24) is 0 Å². The summed E-state index contributed by atoms with van der Waals surface area (Å²) >= 11 is 3.42. The van der Waals surface area contributed by atoms with E-state index in [0.29, 0.717) is 17.2 Å². The second-order valence-corrected chi connectivity index (χ2v) is 8.17. The van der Waals surface area contributed by atoms with Gasteiger partial charge in [-0.2, -0.15) is 0 Å². The Bertz CT molecular complexity index is 1070. The Balaban J connectivity index is 1.84. The van der Waals surface area contributed by atoms with Crippen LogP contribution in [0.5, 0.6) is 0 Å². The zero-order valence-corrected chi connectivity index (χ0v) is 18.1. The van der Waals surface area contributed by atoms with Crippen LogP contribution in [0.2, 0.25) is 0 Å². The molecule has 0 radical (unpaired) electrons. The summed E-state index contributed by atoms with van der Waals surface area (Å²) in [5.41, 5.74) is 3.36. The number of aryl methyl sites for hydroxylation is 3. The standard InChI is InChI=1S/C23H21BrN2O3/c1-14-5-4-6-15(2)21(14)25-13-20(27)26(18-10-8-17(24)9-11-18)22(23(25)28)19-12-7-16(3)29-19/h4-12,22H,13H2,1-3H3. The zero-order chi connectivity index (χ0) is 20.7. The van der Waals surface area contributed by atoms with E-state index < -0.39 is 6.04 Å². The van der Waals surface area contributed by atoms with E-state index in [1.165, 1.54) is 4.90 Å². The molecule has 0 saturated carbocycles. The predicted octanol–water partition coefficient (Wildman–Crippen LogP) is 5.09. The number of rotatable bonds is 3. The fourth-order valence-corrected chi connectivity index (χ4v) is 4.12. The Hall–Kier alpha value is -2.86. The molecule has 5 nitrogen and oxygen atoms in total. The third-order valence-corrected chi connectivity index (χ3v) is 5.69. The van der Waals surface area contributed by atoms with Crippen LogP contribution in [0.15, 0.2) is 63.5 Å². The molecule has 1 atom stereocenters. The highest BCUT2D eigenvalue weighted by Crippen LogP contribution is 2.37. The van der Waals surface area contributed by atoms with Crippen molar-refractivity contribution < 1.29 is 14.0 Å². The van der Waals surface area contributed by atoms with Crippen LogP contribution in [0, 0.1) is 20.8 Å². The number of nitrogens with zero attached hydrogens (tertiary/aromatic N) is 2. The molecule has 0 aliphatic carbocycles. The lowest BCUT2D eigenvalue weighted by Crippen LogP contribution is -2.56. The number of carbonyl (C=O) groups excluding carboxylic acids is 2. The van der Waals surface area contributed by atoms with E-state index in [9.17, 15) is 9.59 Å². The number of carbonyl (C=O) groups is 2. The fourth-order valence-electron chi connectivity index (χ4n) is 3.86. The summed E-state index contributed by atoms with van der Waals surface area (Å²) in [7, 11) is 0. The molecule has 3 aromatic rings. The number of amides is 2. The summed E-state index contributed by atoms with van der Waals surface area (Å²) in [5.74, 6) is 0.813. The monoisotopic (exact) mass is 452 g/mol. The molecule has 1 unspecified atom stereocenters. The van der Waals surface area contributed by atoms with E-state index in [4.69, 9.17) is 4.42 Å². The highest BCUT2D eigenvalue weighted by molar-refractivity contribution is 9.10. The summed E-state index contributed by atoms with van der Waals surface area (Å²) in [4.78, 5) is 30.1. The molecule has 1 aliphatic rings. The van der Waals surface area contributed by atoms with Crippen LogP contribution in [0.3, 0.4) is 0 Å². The SMILES string of the molecule is Cc1ccc(C2C(=O)N(c3c(C)cccc3C)CC(=O)N2c2ccc(Br)cc2)o1. The second-order valence-electron chi connectivity index (χ2n) is 7.26. The quantitative estimate of drug-likeness (QED) is 0.555. The first kappa shape index (κ1) is 19.5. The van der Waals surface area contributed by atoms with Gasteiger partial charge in [0, 0.05) is 10.2 Å². The van der Waals surface area contributed by atoms with Crippen LogP contribution in [-0.2, 0) is 9.59 Å². The van der Waals surface area contributed by atoms with Gasteiger partial charge in [-0.25, -0.2) is 0 Å². The smallest absolute Gasteiger partial charge is 0.258 e. The van der Waals surface area contributed by atoms with Crippen LogP contribution in [-0.4, -0.2) is 18.4 Å². The van der Waals surface area contributed by atoms with E-state index in [1.807, 2.05) is 69.3 Å². The first-order valence-electron chi connectivity index (χ1n) is 9.38. The van der Waals surface area contributed by atoms with Gasteiger partial charge in [0.25, 0.3) is 5.91 Å². The molecule has 148 valence electrons. The molecule has 0 N–H and O–H groups in total. The van der Waals surface area contributed by atoms with Gasteiger partial charge >= 0.3 is 0 Å². The Morgan fingerprint density at radius 2 is 1.59 bits per heavy atom. The molecule has 29 heavy (non-hydrogen) atoms. The minimum absolute atomic E-state index is 0.0171. The molecular formula is C23H21BrN2O3. The lowest BCUT2D eigenvalue weighted by molar-refractivity contribution is -0.129. The van der Waals surface area contributed by atoms with E-state index in [1.54, 1.807) is 11.0 Å².